The van der Waals surface area contributed by atoms with E-state index in [0.717, 1.165) is 12.1 Å². The summed E-state index contributed by atoms with van der Waals surface area (Å²) in [7, 11) is 0. The van der Waals surface area contributed by atoms with E-state index < -0.39 is 0 Å². The van der Waals surface area contributed by atoms with E-state index in [9.17, 15) is 0 Å². The zero-order valence-electron chi connectivity index (χ0n) is 5.15. The van der Waals surface area contributed by atoms with Gasteiger partial charge in [0.25, 0.3) is 0 Å². The topological polar surface area (TPSA) is 12.0 Å². The third kappa shape index (κ3) is 0.511. The first kappa shape index (κ1) is 4.57. The fourth-order valence-corrected chi connectivity index (χ4v) is 1.64. The highest BCUT2D eigenvalue weighted by atomic mass is 15.0. The fraction of sp³-hybridized carbons (Fsp3) is 0.714. The van der Waals surface area contributed by atoms with Gasteiger partial charge in [-0.2, -0.15) is 0 Å². The third-order valence-electron chi connectivity index (χ3n) is 2.04. The minimum atomic E-state index is 0.744. The molecule has 3 aliphatic rings. The van der Waals surface area contributed by atoms with Crippen LogP contribution in [0.25, 0.3) is 0 Å². The Bertz CT molecular complexity index is 131. The van der Waals surface area contributed by atoms with Crippen LogP contribution in [0.3, 0.4) is 0 Å². The molecule has 1 saturated heterocycles. The largest absolute Gasteiger partial charge is 0.307 e. The van der Waals surface area contributed by atoms with E-state index in [1.165, 1.54) is 12.8 Å². The highest BCUT2D eigenvalue weighted by Crippen LogP contribution is 2.26. The van der Waals surface area contributed by atoms with Crippen molar-refractivity contribution in [3.05, 3.63) is 11.6 Å². The molecule has 0 aromatic rings. The summed E-state index contributed by atoms with van der Waals surface area (Å²) in [4.78, 5) is 0. The molecule has 1 N–H and O–H groups in total. The average Bonchev–Trinajstić information content (AvgIpc) is 1.62. The first-order valence-electron chi connectivity index (χ1n) is 3.28. The molecule has 0 aromatic heterocycles. The second-order valence-electron chi connectivity index (χ2n) is 2.92. The maximum absolute atomic E-state index is 3.43. The molecule has 0 aromatic carbocycles. The lowest BCUT2D eigenvalue weighted by atomic mass is 9.84. The van der Waals surface area contributed by atoms with E-state index in [1.807, 2.05) is 0 Å². The molecule has 2 unspecified atom stereocenters. The summed E-state index contributed by atoms with van der Waals surface area (Å²) >= 11 is 0. The normalized spacial score (nSPS) is 42.9. The molecule has 3 rings (SSSR count). The summed E-state index contributed by atoms with van der Waals surface area (Å²) in [6, 6.07) is 1.58. The van der Waals surface area contributed by atoms with Gasteiger partial charge in [-0.3, -0.25) is 0 Å². The minimum absolute atomic E-state index is 0.744. The Labute approximate surface area is 49.8 Å². The van der Waals surface area contributed by atoms with E-state index in [2.05, 4.69) is 18.3 Å². The van der Waals surface area contributed by atoms with Gasteiger partial charge >= 0.3 is 0 Å². The lowest BCUT2D eigenvalue weighted by Crippen LogP contribution is -2.53. The van der Waals surface area contributed by atoms with E-state index >= 15 is 0 Å². The fourth-order valence-electron chi connectivity index (χ4n) is 1.64. The summed E-state index contributed by atoms with van der Waals surface area (Å²) in [5.41, 5.74) is 1.57. The molecule has 2 bridgehead atoms. The van der Waals surface area contributed by atoms with Gasteiger partial charge in [0.15, 0.2) is 0 Å². The van der Waals surface area contributed by atoms with Crippen molar-refractivity contribution < 1.29 is 0 Å². The lowest BCUT2D eigenvalue weighted by molar-refractivity contribution is 0.285. The molecule has 0 saturated carbocycles. The number of nitrogens with one attached hydrogen (secondary N) is 1. The molecule has 1 aliphatic carbocycles. The first-order valence-corrected chi connectivity index (χ1v) is 3.28. The van der Waals surface area contributed by atoms with Crippen LogP contribution in [0.5, 0.6) is 0 Å². The Morgan fingerprint density at radius 2 is 2.50 bits per heavy atom. The maximum atomic E-state index is 3.43. The van der Waals surface area contributed by atoms with Crippen molar-refractivity contribution in [2.24, 2.45) is 0 Å². The molecule has 1 fully saturated rings. The Morgan fingerprint density at radius 3 is 2.75 bits per heavy atom. The van der Waals surface area contributed by atoms with Crippen LogP contribution in [-0.2, 0) is 0 Å². The van der Waals surface area contributed by atoms with Gasteiger partial charge in [-0.25, -0.2) is 0 Å². The van der Waals surface area contributed by atoms with Crippen molar-refractivity contribution in [1.82, 2.24) is 5.32 Å². The molecule has 1 heteroatoms. The van der Waals surface area contributed by atoms with Gasteiger partial charge in [0.05, 0.1) is 0 Å². The average molecular weight is 109 g/mol. The van der Waals surface area contributed by atoms with E-state index in [0.29, 0.717) is 0 Å². The van der Waals surface area contributed by atoms with Gasteiger partial charge < -0.3 is 5.32 Å². The molecule has 0 radical (unpaired) electrons. The van der Waals surface area contributed by atoms with Crippen LogP contribution in [0, 0.1) is 0 Å². The van der Waals surface area contributed by atoms with Gasteiger partial charge in [0, 0.05) is 12.1 Å². The SMILES string of the molecule is CC1=CC2CC(C1)N2. The van der Waals surface area contributed by atoms with Gasteiger partial charge in [-0.05, 0) is 19.8 Å². The van der Waals surface area contributed by atoms with E-state index in [4.69, 9.17) is 0 Å². The van der Waals surface area contributed by atoms with Crippen molar-refractivity contribution in [3.63, 3.8) is 0 Å². The van der Waals surface area contributed by atoms with Gasteiger partial charge in [-0.1, -0.05) is 11.6 Å². The zero-order chi connectivity index (χ0) is 5.56. The van der Waals surface area contributed by atoms with Crippen molar-refractivity contribution in [2.75, 3.05) is 0 Å². The van der Waals surface area contributed by atoms with Gasteiger partial charge in [0.1, 0.15) is 0 Å². The molecule has 0 spiro atoms. The highest BCUT2D eigenvalue weighted by Gasteiger charge is 2.30. The van der Waals surface area contributed by atoms with Crippen molar-refractivity contribution >= 4 is 0 Å². The standard InChI is InChI=1S/C7H11N/c1-5-2-6-4-7(3-5)8-6/h2,6-8H,3-4H2,1H3. The predicted molar refractivity (Wildman–Crippen MR) is 33.7 cm³/mol. The highest BCUT2D eigenvalue weighted by molar-refractivity contribution is 5.18. The van der Waals surface area contributed by atoms with Crippen molar-refractivity contribution in [1.29, 1.82) is 0 Å². The summed E-state index contributed by atoms with van der Waals surface area (Å²) in [6.07, 6.45) is 5.02. The molecular weight excluding hydrogens is 98.1 g/mol. The second-order valence-corrected chi connectivity index (χ2v) is 2.92. The molecule has 0 amide bonds. The molecule has 2 aliphatic heterocycles. The maximum Gasteiger partial charge on any atom is 0.0270 e. The van der Waals surface area contributed by atoms with Crippen LogP contribution in [0.1, 0.15) is 19.8 Å². The van der Waals surface area contributed by atoms with Crippen LogP contribution in [-0.4, -0.2) is 12.1 Å². The lowest BCUT2D eigenvalue weighted by Gasteiger charge is -2.40. The minimum Gasteiger partial charge on any atom is -0.307 e. The number of hydrogen-bond acceptors (Lipinski definition) is 1. The summed E-state index contributed by atoms with van der Waals surface area (Å²) in [6.45, 7) is 2.22. The molecule has 8 heavy (non-hydrogen) atoms. The zero-order valence-corrected chi connectivity index (χ0v) is 5.15. The van der Waals surface area contributed by atoms with Crippen LogP contribution < -0.4 is 5.32 Å². The smallest absolute Gasteiger partial charge is 0.0270 e. The molecule has 1 nitrogen and oxygen atoms in total. The van der Waals surface area contributed by atoms with Gasteiger partial charge in [-0.15, -0.1) is 0 Å². The second kappa shape index (κ2) is 1.35. The number of rotatable bonds is 0. The van der Waals surface area contributed by atoms with Crippen LogP contribution in [0.15, 0.2) is 11.6 Å². The Kier molecular flexibility index (Phi) is 0.770. The third-order valence-corrected chi connectivity index (χ3v) is 2.04. The Hall–Kier alpha value is -0.300. The number of fused-ring (bicyclic) bond motifs is 1. The van der Waals surface area contributed by atoms with Crippen molar-refractivity contribution in [3.8, 4) is 0 Å². The monoisotopic (exact) mass is 109 g/mol. The molecular formula is C7H11N. The summed E-state index contributed by atoms with van der Waals surface area (Å²) in [5, 5.41) is 3.43. The van der Waals surface area contributed by atoms with Gasteiger partial charge in [0.2, 0.25) is 0 Å². The van der Waals surface area contributed by atoms with Crippen LogP contribution in [0.2, 0.25) is 0 Å². The van der Waals surface area contributed by atoms with Crippen LogP contribution >= 0.6 is 0 Å². The quantitative estimate of drug-likeness (QED) is 0.459. The Morgan fingerprint density at radius 1 is 1.75 bits per heavy atom. The first-order chi connectivity index (χ1) is 3.84. The van der Waals surface area contributed by atoms with Crippen molar-refractivity contribution in [2.45, 2.75) is 31.8 Å². The summed E-state index contributed by atoms with van der Waals surface area (Å²) < 4.78 is 0. The van der Waals surface area contributed by atoms with E-state index in [-0.39, 0.29) is 0 Å². The van der Waals surface area contributed by atoms with Crippen LogP contribution in [0.4, 0.5) is 0 Å². The molecule has 2 heterocycles. The predicted octanol–water partition coefficient (Wildman–Crippen LogP) is 1.07. The number of hydrogen-bond donors (Lipinski definition) is 1. The Balaban J connectivity index is 2.19. The summed E-state index contributed by atoms with van der Waals surface area (Å²) in [5.74, 6) is 0. The molecule has 2 atom stereocenters. The molecule has 44 valence electrons. The van der Waals surface area contributed by atoms with E-state index in [1.54, 1.807) is 5.57 Å².